The van der Waals surface area contributed by atoms with Crippen molar-refractivity contribution in [3.05, 3.63) is 47.5 Å². The van der Waals surface area contributed by atoms with Crippen molar-refractivity contribution in [3.63, 3.8) is 0 Å². The highest BCUT2D eigenvalue weighted by molar-refractivity contribution is 5.55. The lowest BCUT2D eigenvalue weighted by Crippen LogP contribution is -2.04. The van der Waals surface area contributed by atoms with Crippen LogP contribution in [0.3, 0.4) is 0 Å². The van der Waals surface area contributed by atoms with Crippen molar-refractivity contribution >= 4 is 0 Å². The van der Waals surface area contributed by atoms with Crippen LogP contribution in [0.5, 0.6) is 23.0 Å². The molecule has 4 heteroatoms. The molecule has 1 aliphatic heterocycles. The number of phenols is 1. The van der Waals surface area contributed by atoms with Gasteiger partial charge in [-0.2, -0.15) is 0 Å². The van der Waals surface area contributed by atoms with E-state index in [9.17, 15) is 5.11 Å². The second kappa shape index (κ2) is 6.18. The van der Waals surface area contributed by atoms with Crippen LogP contribution in [0, 0.1) is 0 Å². The minimum Gasteiger partial charge on any atom is -0.508 e. The first kappa shape index (κ1) is 14.6. The highest BCUT2D eigenvalue weighted by Crippen LogP contribution is 2.43. The van der Waals surface area contributed by atoms with Crippen LogP contribution in [0.4, 0.5) is 0 Å². The van der Waals surface area contributed by atoms with Crippen LogP contribution < -0.4 is 14.2 Å². The number of hydrogen-bond donors (Lipinski definition) is 1. The zero-order valence-electron chi connectivity index (χ0n) is 12.8. The van der Waals surface area contributed by atoms with Gasteiger partial charge in [-0.3, -0.25) is 0 Å². The molecule has 1 heterocycles. The SMILES string of the molecule is CCOc1cc2c(cc1C(CC)c1ccc(O)cc1)OCO2. The van der Waals surface area contributed by atoms with E-state index in [0.29, 0.717) is 6.61 Å². The molecule has 0 radical (unpaired) electrons. The second-order valence-corrected chi connectivity index (χ2v) is 5.23. The molecule has 0 spiro atoms. The predicted molar refractivity (Wildman–Crippen MR) is 84.0 cm³/mol. The van der Waals surface area contributed by atoms with E-state index in [1.807, 2.05) is 31.2 Å². The van der Waals surface area contributed by atoms with Gasteiger partial charge in [0, 0.05) is 17.5 Å². The molecular weight excluding hydrogens is 280 g/mol. The van der Waals surface area contributed by atoms with Crippen molar-refractivity contribution in [1.29, 1.82) is 0 Å². The van der Waals surface area contributed by atoms with Gasteiger partial charge in [-0.05, 0) is 37.1 Å². The predicted octanol–water partition coefficient (Wildman–Crippen LogP) is 4.06. The Labute approximate surface area is 130 Å². The summed E-state index contributed by atoms with van der Waals surface area (Å²) in [6.45, 7) is 4.95. The molecule has 116 valence electrons. The van der Waals surface area contributed by atoms with E-state index >= 15 is 0 Å². The lowest BCUT2D eigenvalue weighted by molar-refractivity contribution is 0.173. The van der Waals surface area contributed by atoms with Gasteiger partial charge in [-0.25, -0.2) is 0 Å². The quantitative estimate of drug-likeness (QED) is 0.904. The summed E-state index contributed by atoms with van der Waals surface area (Å²) in [5.41, 5.74) is 2.22. The summed E-state index contributed by atoms with van der Waals surface area (Å²) in [4.78, 5) is 0. The second-order valence-electron chi connectivity index (χ2n) is 5.23. The Bertz CT molecular complexity index is 649. The van der Waals surface area contributed by atoms with Gasteiger partial charge in [-0.15, -0.1) is 0 Å². The Hall–Kier alpha value is -2.36. The smallest absolute Gasteiger partial charge is 0.231 e. The minimum atomic E-state index is 0.177. The van der Waals surface area contributed by atoms with Gasteiger partial charge in [0.25, 0.3) is 0 Å². The Balaban J connectivity index is 2.05. The molecule has 22 heavy (non-hydrogen) atoms. The summed E-state index contributed by atoms with van der Waals surface area (Å²) in [5.74, 6) is 2.76. The van der Waals surface area contributed by atoms with E-state index in [1.54, 1.807) is 12.1 Å². The Morgan fingerprint density at radius 3 is 2.41 bits per heavy atom. The zero-order chi connectivity index (χ0) is 15.5. The molecule has 0 fully saturated rings. The topological polar surface area (TPSA) is 47.9 Å². The molecular formula is C18H20O4. The van der Waals surface area contributed by atoms with Crippen molar-refractivity contribution in [2.75, 3.05) is 13.4 Å². The molecule has 1 N–H and O–H groups in total. The molecule has 0 bridgehead atoms. The molecule has 0 aromatic heterocycles. The first-order chi connectivity index (χ1) is 10.7. The number of ether oxygens (including phenoxy) is 3. The van der Waals surface area contributed by atoms with Crippen molar-refractivity contribution < 1.29 is 19.3 Å². The van der Waals surface area contributed by atoms with Gasteiger partial charge >= 0.3 is 0 Å². The number of aromatic hydroxyl groups is 1. The van der Waals surface area contributed by atoms with Crippen LogP contribution in [0.25, 0.3) is 0 Å². The van der Waals surface area contributed by atoms with Crippen molar-refractivity contribution in [2.45, 2.75) is 26.2 Å². The van der Waals surface area contributed by atoms with Crippen LogP contribution >= 0.6 is 0 Å². The van der Waals surface area contributed by atoms with Gasteiger partial charge in [0.15, 0.2) is 11.5 Å². The summed E-state index contributed by atoms with van der Waals surface area (Å²) < 4.78 is 16.7. The lowest BCUT2D eigenvalue weighted by Gasteiger charge is -2.20. The van der Waals surface area contributed by atoms with Crippen LogP contribution in [0.2, 0.25) is 0 Å². The Kier molecular flexibility index (Phi) is 4.09. The van der Waals surface area contributed by atoms with E-state index in [4.69, 9.17) is 14.2 Å². The number of fused-ring (bicyclic) bond motifs is 1. The third-order valence-corrected chi connectivity index (χ3v) is 3.88. The first-order valence-corrected chi connectivity index (χ1v) is 7.58. The van der Waals surface area contributed by atoms with Crippen molar-refractivity contribution in [2.24, 2.45) is 0 Å². The fourth-order valence-electron chi connectivity index (χ4n) is 2.83. The number of rotatable bonds is 5. The first-order valence-electron chi connectivity index (χ1n) is 7.58. The van der Waals surface area contributed by atoms with Gasteiger partial charge < -0.3 is 19.3 Å². The van der Waals surface area contributed by atoms with E-state index in [2.05, 4.69) is 6.92 Å². The fraction of sp³-hybridized carbons (Fsp3) is 0.333. The summed E-state index contributed by atoms with van der Waals surface area (Å²) in [6, 6.07) is 11.2. The van der Waals surface area contributed by atoms with Crippen molar-refractivity contribution in [1.82, 2.24) is 0 Å². The molecule has 3 rings (SSSR count). The molecule has 0 aliphatic carbocycles. The molecule has 1 aliphatic rings. The summed E-state index contributed by atoms with van der Waals surface area (Å²) in [5, 5.41) is 9.49. The maximum absolute atomic E-state index is 9.49. The molecule has 2 aromatic rings. The van der Waals surface area contributed by atoms with Gasteiger partial charge in [0.05, 0.1) is 6.61 Å². The molecule has 2 aromatic carbocycles. The van der Waals surface area contributed by atoms with Gasteiger partial charge in [0.2, 0.25) is 6.79 Å². The van der Waals surface area contributed by atoms with Gasteiger partial charge in [-0.1, -0.05) is 19.1 Å². The normalized spacial score (nSPS) is 13.9. The largest absolute Gasteiger partial charge is 0.508 e. The molecule has 4 nitrogen and oxygen atoms in total. The standard InChI is InChI=1S/C18H20O4/c1-3-14(12-5-7-13(19)8-6-12)15-9-17-18(22-11-21-17)10-16(15)20-4-2/h5-10,14,19H,3-4,11H2,1-2H3. The van der Waals surface area contributed by atoms with Crippen LogP contribution in [-0.4, -0.2) is 18.5 Å². The minimum absolute atomic E-state index is 0.177. The van der Waals surface area contributed by atoms with Gasteiger partial charge in [0.1, 0.15) is 11.5 Å². The van der Waals surface area contributed by atoms with E-state index in [1.165, 1.54) is 0 Å². The molecule has 0 saturated carbocycles. The third-order valence-electron chi connectivity index (χ3n) is 3.88. The maximum atomic E-state index is 9.49. The van der Waals surface area contributed by atoms with Crippen LogP contribution in [-0.2, 0) is 0 Å². The number of hydrogen-bond acceptors (Lipinski definition) is 4. The van der Waals surface area contributed by atoms with Crippen LogP contribution in [0.1, 0.15) is 37.3 Å². The molecule has 1 atom stereocenters. The highest BCUT2D eigenvalue weighted by atomic mass is 16.7. The summed E-state index contributed by atoms with van der Waals surface area (Å²) in [6.07, 6.45) is 0.921. The third kappa shape index (κ3) is 2.69. The van der Waals surface area contributed by atoms with E-state index in [-0.39, 0.29) is 18.5 Å². The number of benzene rings is 2. The molecule has 0 amide bonds. The molecule has 1 unspecified atom stereocenters. The average molecular weight is 300 g/mol. The average Bonchev–Trinajstić information content (AvgIpc) is 2.97. The number of phenolic OH excluding ortho intramolecular Hbond substituents is 1. The van der Waals surface area contributed by atoms with E-state index < -0.39 is 0 Å². The molecule has 0 saturated heterocycles. The monoisotopic (exact) mass is 300 g/mol. The lowest BCUT2D eigenvalue weighted by atomic mass is 9.88. The van der Waals surface area contributed by atoms with Crippen LogP contribution in [0.15, 0.2) is 36.4 Å². The zero-order valence-corrected chi connectivity index (χ0v) is 12.8. The highest BCUT2D eigenvalue weighted by Gasteiger charge is 2.23. The Morgan fingerprint density at radius 1 is 1.09 bits per heavy atom. The maximum Gasteiger partial charge on any atom is 0.231 e. The Morgan fingerprint density at radius 2 is 1.77 bits per heavy atom. The fourth-order valence-corrected chi connectivity index (χ4v) is 2.83. The van der Waals surface area contributed by atoms with Crippen molar-refractivity contribution in [3.8, 4) is 23.0 Å². The summed E-state index contributed by atoms with van der Waals surface area (Å²) >= 11 is 0. The van der Waals surface area contributed by atoms with E-state index in [0.717, 1.165) is 34.8 Å². The summed E-state index contributed by atoms with van der Waals surface area (Å²) in [7, 11) is 0.